The number of H-pyrrole nitrogens is 2. The van der Waals surface area contributed by atoms with Crippen LogP contribution in [0.1, 0.15) is 59.2 Å². The Kier molecular flexibility index (Phi) is 13.8. The largest absolute Gasteiger partial charge is 0.496 e. The second kappa shape index (κ2) is 19.2. The maximum Gasteiger partial charge on any atom is 0.271 e. The van der Waals surface area contributed by atoms with Gasteiger partial charge in [-0.1, -0.05) is 37.8 Å². The number of thiazole rings is 1. The summed E-state index contributed by atoms with van der Waals surface area (Å²) in [4.78, 5) is 107. The van der Waals surface area contributed by atoms with Crippen molar-refractivity contribution >= 4 is 74.2 Å². The predicted molar refractivity (Wildman–Crippen MR) is 227 cm³/mol. The number of rotatable bonds is 6. The Morgan fingerprint density at radius 1 is 0.852 bits per heavy atom. The lowest BCUT2D eigenvalue weighted by molar-refractivity contribution is -0.134. The maximum absolute atomic E-state index is 14.5. The zero-order valence-corrected chi connectivity index (χ0v) is 34.9. The van der Waals surface area contributed by atoms with Crippen LogP contribution in [-0.4, -0.2) is 111 Å². The normalized spacial score (nSPS) is 22.1. The number of nitrogens with one attached hydrogen (secondary N) is 6. The molecule has 7 N–H and O–H groups in total. The zero-order chi connectivity index (χ0) is 44.0. The lowest BCUT2D eigenvalue weighted by Crippen LogP contribution is -2.53. The first-order chi connectivity index (χ1) is 29.2. The van der Waals surface area contributed by atoms with Crippen molar-refractivity contribution in [1.82, 2.24) is 41.1 Å². The number of aromatic amines is 2. The maximum atomic E-state index is 14.5. The second-order valence-corrected chi connectivity index (χ2v) is 16.1. The van der Waals surface area contributed by atoms with Gasteiger partial charge in [-0.3, -0.25) is 33.6 Å². The molecule has 0 unspecified atom stereocenters. The van der Waals surface area contributed by atoms with Crippen molar-refractivity contribution in [3.8, 4) is 5.75 Å². The van der Waals surface area contributed by atoms with Crippen molar-refractivity contribution in [1.29, 1.82) is 0 Å². The molecule has 17 nitrogen and oxygen atoms in total. The average molecular weight is 853 g/mol. The molecule has 0 fully saturated rings. The van der Waals surface area contributed by atoms with Crippen LogP contribution >= 0.6 is 11.3 Å². The van der Waals surface area contributed by atoms with Gasteiger partial charge in [-0.05, 0) is 36.2 Å². The van der Waals surface area contributed by atoms with Gasteiger partial charge in [0.1, 0.15) is 23.5 Å². The highest BCUT2D eigenvalue weighted by atomic mass is 32.1. The summed E-state index contributed by atoms with van der Waals surface area (Å²) in [6, 6.07) is 9.26. The standard InChI is InChI=1S/C43H48N8O9S/c1-22-13-35(54)32(16-26-18-45-31-11-8-12-36(60-5)37(26)31)48-40(57)33(15-25-17-44-30-10-7-6-9-29(25)30)49-41(58)34-21-61-42(50-34)27(20-52)14-28(53)19-51(4)43(59)24(3)47-39(56)23(2)46-38(22)55/h6-12,17-18,21-23,27,32-33,44-45,52H,3,13-16,19-20H2,1-2,4-5H3,(H,46,55)(H,47,56)(H,48,57)(H,49,58)/t22-,23-,27-,32+,33+/m1/s1. The molecule has 3 aromatic heterocycles. The highest BCUT2D eigenvalue weighted by Gasteiger charge is 2.33. The van der Waals surface area contributed by atoms with Crippen LogP contribution in [0.3, 0.4) is 0 Å². The van der Waals surface area contributed by atoms with Crippen LogP contribution in [0.15, 0.2) is 72.5 Å². The number of ether oxygens (including phenoxy) is 1. The van der Waals surface area contributed by atoms with Gasteiger partial charge in [-0.15, -0.1) is 11.3 Å². The smallest absolute Gasteiger partial charge is 0.271 e. The van der Waals surface area contributed by atoms with Gasteiger partial charge < -0.3 is 46.0 Å². The van der Waals surface area contributed by atoms with E-state index in [9.17, 15) is 38.7 Å². The number of hydrogen-bond acceptors (Lipinski definition) is 11. The number of aliphatic hydroxyl groups is 1. The van der Waals surface area contributed by atoms with Crippen LogP contribution in [0.2, 0.25) is 0 Å². The Hall–Kier alpha value is -6.66. The third-order valence-electron chi connectivity index (χ3n) is 10.6. The quantitative estimate of drug-likeness (QED) is 0.123. The van der Waals surface area contributed by atoms with Gasteiger partial charge in [-0.25, -0.2) is 4.98 Å². The van der Waals surface area contributed by atoms with Gasteiger partial charge in [0, 0.05) is 84.1 Å². The van der Waals surface area contributed by atoms with Crippen LogP contribution < -0.4 is 26.0 Å². The number of nitrogens with zero attached hydrogens (tertiary/aromatic N) is 2. The number of carbonyl (C=O) groups is 7. The molecule has 0 saturated heterocycles. The fourth-order valence-corrected chi connectivity index (χ4v) is 8.13. The van der Waals surface area contributed by atoms with Gasteiger partial charge in [0.05, 0.1) is 37.0 Å². The van der Waals surface area contributed by atoms with E-state index < -0.39 is 77.7 Å². The number of likely N-dealkylation sites (N-methyl/N-ethyl adjacent to an activating group) is 1. The fourth-order valence-electron chi connectivity index (χ4n) is 7.23. The van der Waals surface area contributed by atoms with Crippen molar-refractivity contribution in [2.24, 2.45) is 5.92 Å². The van der Waals surface area contributed by atoms with E-state index in [-0.39, 0.29) is 48.6 Å². The Bertz CT molecular complexity index is 2510. The average Bonchev–Trinajstić information content (AvgIpc) is 4.01. The highest BCUT2D eigenvalue weighted by Crippen LogP contribution is 2.30. The number of aliphatic hydroxyl groups excluding tert-OH is 1. The number of ketones is 2. The molecule has 5 atom stereocenters. The number of amides is 5. The van der Waals surface area contributed by atoms with Crippen LogP contribution in [0.4, 0.5) is 0 Å². The summed E-state index contributed by atoms with van der Waals surface area (Å²) in [5.41, 5.74) is 2.48. The first-order valence-electron chi connectivity index (χ1n) is 19.6. The number of hydrogen-bond donors (Lipinski definition) is 7. The first kappa shape index (κ1) is 43.9. The Balaban J connectivity index is 1.37. The van der Waals surface area contributed by atoms with E-state index in [4.69, 9.17) is 4.74 Å². The van der Waals surface area contributed by atoms with E-state index >= 15 is 0 Å². The molecular weight excluding hydrogens is 805 g/mol. The van der Waals surface area contributed by atoms with E-state index in [0.29, 0.717) is 22.3 Å². The first-order valence-corrected chi connectivity index (χ1v) is 20.5. The third kappa shape index (κ3) is 10.2. The molecular formula is C43H48N8O9S. The number of para-hydroxylation sites is 1. The van der Waals surface area contributed by atoms with Crippen molar-refractivity contribution in [3.63, 3.8) is 0 Å². The minimum absolute atomic E-state index is 0.00554. The van der Waals surface area contributed by atoms with Gasteiger partial charge in [0.15, 0.2) is 11.6 Å². The van der Waals surface area contributed by atoms with E-state index in [2.05, 4.69) is 42.8 Å². The highest BCUT2D eigenvalue weighted by molar-refractivity contribution is 7.10. The number of benzene rings is 2. The van der Waals surface area contributed by atoms with Gasteiger partial charge in [-0.2, -0.15) is 0 Å². The van der Waals surface area contributed by atoms with Gasteiger partial charge in [0.2, 0.25) is 17.7 Å². The molecule has 0 radical (unpaired) electrons. The van der Waals surface area contributed by atoms with E-state index in [1.54, 1.807) is 24.5 Å². The topological polar surface area (TPSA) is 245 Å². The molecule has 4 heterocycles. The molecule has 320 valence electrons. The minimum atomic E-state index is -1.24. The number of aromatic nitrogens is 3. The molecule has 6 rings (SSSR count). The fraction of sp³-hybridized carbons (Fsp3) is 0.349. The Labute approximate surface area is 354 Å². The summed E-state index contributed by atoms with van der Waals surface area (Å²) in [7, 11) is 2.86. The Morgan fingerprint density at radius 3 is 2.31 bits per heavy atom. The molecule has 5 aromatic rings. The molecule has 0 spiro atoms. The number of fused-ring (bicyclic) bond motifs is 4. The van der Waals surface area contributed by atoms with Crippen molar-refractivity contribution in [2.75, 3.05) is 27.3 Å². The lowest BCUT2D eigenvalue weighted by Gasteiger charge is -2.24. The molecule has 5 amide bonds. The molecule has 18 heteroatoms. The second-order valence-electron chi connectivity index (χ2n) is 15.2. The molecule has 2 bridgehead atoms. The third-order valence-corrected chi connectivity index (χ3v) is 11.6. The molecule has 1 aliphatic rings. The minimum Gasteiger partial charge on any atom is -0.496 e. The number of methoxy groups -OCH3 is 1. The van der Waals surface area contributed by atoms with Gasteiger partial charge >= 0.3 is 0 Å². The summed E-state index contributed by atoms with van der Waals surface area (Å²) in [6.45, 7) is 5.65. The molecule has 2 aromatic carbocycles. The summed E-state index contributed by atoms with van der Waals surface area (Å²) < 4.78 is 5.62. The van der Waals surface area contributed by atoms with Crippen LogP contribution in [0.25, 0.3) is 21.8 Å². The molecule has 0 saturated carbocycles. The van der Waals surface area contributed by atoms with Crippen LogP contribution in [0, 0.1) is 5.92 Å². The SMILES string of the molecule is C=C1NC(=O)[C@@H](C)NC(=O)[C@H](C)CC(=O)[C@H](Cc2c[nH]c3cccc(OC)c23)NC(=O)[C@H](Cc2c[nH]c3ccccc23)NC(=O)c2csc(n2)[C@@H](CO)CC(=O)CN(C)C1=O. The van der Waals surface area contributed by atoms with E-state index in [1.807, 2.05) is 30.3 Å². The summed E-state index contributed by atoms with van der Waals surface area (Å²) in [6.07, 6.45) is 2.86. The van der Waals surface area contributed by atoms with Crippen molar-refractivity contribution < 1.29 is 43.4 Å². The summed E-state index contributed by atoms with van der Waals surface area (Å²) in [5.74, 6) is -5.76. The predicted octanol–water partition coefficient (Wildman–Crippen LogP) is 2.42. The number of Topliss-reactive ketones (excluding diaryl/α,β-unsaturated/α-hetero) is 2. The molecule has 0 aliphatic carbocycles. The van der Waals surface area contributed by atoms with Crippen molar-refractivity contribution in [2.45, 2.75) is 63.6 Å². The molecule has 61 heavy (non-hydrogen) atoms. The van der Waals surface area contributed by atoms with E-state index in [1.165, 1.54) is 33.4 Å². The number of carbonyl (C=O) groups excluding carboxylic acids is 7. The summed E-state index contributed by atoms with van der Waals surface area (Å²) in [5, 5.41) is 24.1. The van der Waals surface area contributed by atoms with Crippen LogP contribution in [0.5, 0.6) is 5.75 Å². The van der Waals surface area contributed by atoms with E-state index in [0.717, 1.165) is 32.7 Å². The van der Waals surface area contributed by atoms with Gasteiger partial charge in [0.25, 0.3) is 11.8 Å². The Morgan fingerprint density at radius 2 is 1.56 bits per heavy atom. The summed E-state index contributed by atoms with van der Waals surface area (Å²) >= 11 is 1.04. The lowest BCUT2D eigenvalue weighted by atomic mass is 9.94. The zero-order valence-electron chi connectivity index (χ0n) is 34.1. The molecule has 1 aliphatic heterocycles. The monoisotopic (exact) mass is 852 g/mol. The van der Waals surface area contributed by atoms with Crippen molar-refractivity contribution in [3.05, 3.63) is 94.3 Å². The van der Waals surface area contributed by atoms with Crippen LogP contribution in [-0.2, 0) is 41.6 Å².